The highest BCUT2D eigenvalue weighted by Crippen LogP contribution is 2.14. The largest absolute Gasteiger partial charge is 0.465 e. The van der Waals surface area contributed by atoms with Gasteiger partial charge in [-0.3, -0.25) is 4.72 Å². The van der Waals surface area contributed by atoms with Crippen LogP contribution >= 0.6 is 11.9 Å². The first-order valence-electron chi connectivity index (χ1n) is 3.80. The molecule has 3 nitrogen and oxygen atoms in total. The molecule has 0 radical (unpaired) electrons. The normalized spacial score (nSPS) is 9.69. The lowest BCUT2D eigenvalue weighted by Gasteiger charge is -2.00. The summed E-state index contributed by atoms with van der Waals surface area (Å²) in [6.45, 7) is 0. The summed E-state index contributed by atoms with van der Waals surface area (Å²) in [4.78, 5) is 12.1. The summed E-state index contributed by atoms with van der Waals surface area (Å²) in [6.07, 6.45) is 0. The molecule has 0 aromatic heterocycles. The van der Waals surface area contributed by atoms with Crippen molar-refractivity contribution in [3.63, 3.8) is 0 Å². The number of carbonyl (C=O) groups is 1. The maximum Gasteiger partial charge on any atom is 0.337 e. The van der Waals surface area contributed by atoms with Crippen LogP contribution in [0.2, 0.25) is 0 Å². The zero-order chi connectivity index (χ0) is 9.68. The second-order valence-electron chi connectivity index (χ2n) is 2.32. The summed E-state index contributed by atoms with van der Waals surface area (Å²) in [6, 6.07) is 7.22. The fraction of sp³-hybridized carbons (Fsp3) is 0.222. The van der Waals surface area contributed by atoms with Gasteiger partial charge in [0.1, 0.15) is 0 Å². The van der Waals surface area contributed by atoms with Crippen LogP contribution in [-0.2, 0) is 4.74 Å². The van der Waals surface area contributed by atoms with Crippen molar-refractivity contribution >= 4 is 17.9 Å². The lowest BCUT2D eigenvalue weighted by Crippen LogP contribution is -2.00. The highest BCUT2D eigenvalue weighted by atomic mass is 32.2. The zero-order valence-electron chi connectivity index (χ0n) is 7.53. The van der Waals surface area contributed by atoms with Crippen molar-refractivity contribution in [2.45, 2.75) is 4.90 Å². The number of benzene rings is 1. The third-order valence-electron chi connectivity index (χ3n) is 1.50. The van der Waals surface area contributed by atoms with Crippen LogP contribution in [0, 0.1) is 0 Å². The standard InChI is InChI=1S/C9H11NO2S/c1-10-13-8-5-3-7(4-6-8)9(11)12-2/h3-6,10H,1-2H3. The van der Waals surface area contributed by atoms with Crippen molar-refractivity contribution in [3.8, 4) is 0 Å². The fourth-order valence-electron chi connectivity index (χ4n) is 0.895. The van der Waals surface area contributed by atoms with Crippen LogP contribution in [0.1, 0.15) is 10.4 Å². The van der Waals surface area contributed by atoms with E-state index in [1.807, 2.05) is 19.2 Å². The molecule has 0 aliphatic rings. The molecule has 0 fully saturated rings. The summed E-state index contributed by atoms with van der Waals surface area (Å²) in [5.74, 6) is -0.305. The Morgan fingerprint density at radius 1 is 1.38 bits per heavy atom. The second-order valence-corrected chi connectivity index (χ2v) is 3.41. The Bertz CT molecular complexity index is 284. The predicted molar refractivity (Wildman–Crippen MR) is 52.7 cm³/mol. The quantitative estimate of drug-likeness (QED) is 0.591. The second kappa shape index (κ2) is 4.89. The summed E-state index contributed by atoms with van der Waals surface area (Å²) in [7, 11) is 3.22. The zero-order valence-corrected chi connectivity index (χ0v) is 8.35. The Kier molecular flexibility index (Phi) is 3.79. The van der Waals surface area contributed by atoms with E-state index >= 15 is 0 Å². The minimum atomic E-state index is -0.305. The van der Waals surface area contributed by atoms with E-state index in [-0.39, 0.29) is 5.97 Å². The summed E-state index contributed by atoms with van der Waals surface area (Å²) in [5.41, 5.74) is 0.572. The van der Waals surface area contributed by atoms with Crippen LogP contribution in [0.3, 0.4) is 0 Å². The molecule has 0 spiro atoms. The van der Waals surface area contributed by atoms with Gasteiger partial charge in [-0.2, -0.15) is 0 Å². The molecule has 0 heterocycles. The summed E-state index contributed by atoms with van der Waals surface area (Å²) < 4.78 is 7.52. The molecule has 1 aromatic rings. The van der Waals surface area contributed by atoms with E-state index in [0.29, 0.717) is 5.56 Å². The molecule has 0 saturated carbocycles. The number of rotatable bonds is 3. The predicted octanol–water partition coefficient (Wildman–Crippen LogP) is 1.70. The van der Waals surface area contributed by atoms with Crippen molar-refractivity contribution in [1.29, 1.82) is 0 Å². The van der Waals surface area contributed by atoms with Gasteiger partial charge in [-0.25, -0.2) is 4.79 Å². The lowest BCUT2D eigenvalue weighted by atomic mass is 10.2. The molecule has 4 heteroatoms. The van der Waals surface area contributed by atoms with Crippen molar-refractivity contribution in [1.82, 2.24) is 4.72 Å². The van der Waals surface area contributed by atoms with Gasteiger partial charge in [-0.05, 0) is 43.3 Å². The number of hydrogen-bond donors (Lipinski definition) is 1. The molecule has 1 aromatic carbocycles. The summed E-state index contributed by atoms with van der Waals surface area (Å²) in [5, 5.41) is 0. The fourth-order valence-corrected chi connectivity index (χ4v) is 1.40. The van der Waals surface area contributed by atoms with Gasteiger partial charge in [0.2, 0.25) is 0 Å². The average Bonchev–Trinajstić information content (AvgIpc) is 2.18. The highest BCUT2D eigenvalue weighted by Gasteiger charge is 2.03. The molecule has 1 N–H and O–H groups in total. The van der Waals surface area contributed by atoms with Gasteiger partial charge in [0.25, 0.3) is 0 Å². The van der Waals surface area contributed by atoms with E-state index in [2.05, 4.69) is 9.46 Å². The van der Waals surface area contributed by atoms with E-state index in [9.17, 15) is 4.79 Å². The van der Waals surface area contributed by atoms with Gasteiger partial charge >= 0.3 is 5.97 Å². The molecule has 70 valence electrons. The van der Waals surface area contributed by atoms with Gasteiger partial charge in [0, 0.05) is 4.90 Å². The number of nitrogens with one attached hydrogen (secondary N) is 1. The molecule has 0 atom stereocenters. The van der Waals surface area contributed by atoms with Crippen LogP contribution in [0.15, 0.2) is 29.2 Å². The Hall–Kier alpha value is -1.00. The molecular formula is C9H11NO2S. The number of esters is 1. The first-order chi connectivity index (χ1) is 6.27. The number of hydrogen-bond acceptors (Lipinski definition) is 4. The lowest BCUT2D eigenvalue weighted by molar-refractivity contribution is 0.0600. The smallest absolute Gasteiger partial charge is 0.337 e. The molecule has 1 rings (SSSR count). The number of methoxy groups -OCH3 is 1. The average molecular weight is 197 g/mol. The van der Waals surface area contributed by atoms with E-state index in [1.54, 1.807) is 12.1 Å². The van der Waals surface area contributed by atoms with Crippen LogP contribution < -0.4 is 4.72 Å². The van der Waals surface area contributed by atoms with Crippen LogP contribution in [0.25, 0.3) is 0 Å². The third kappa shape index (κ3) is 2.75. The third-order valence-corrected chi connectivity index (χ3v) is 2.21. The Morgan fingerprint density at radius 3 is 2.46 bits per heavy atom. The van der Waals surface area contributed by atoms with Crippen molar-refractivity contribution < 1.29 is 9.53 Å². The van der Waals surface area contributed by atoms with Gasteiger partial charge in [-0.1, -0.05) is 0 Å². The minimum Gasteiger partial charge on any atom is -0.465 e. The molecule has 0 aliphatic carbocycles. The van der Waals surface area contributed by atoms with Gasteiger partial charge < -0.3 is 4.74 Å². The van der Waals surface area contributed by atoms with Crippen molar-refractivity contribution in [3.05, 3.63) is 29.8 Å². The van der Waals surface area contributed by atoms with Crippen LogP contribution in [-0.4, -0.2) is 20.1 Å². The minimum absolute atomic E-state index is 0.305. The highest BCUT2D eigenvalue weighted by molar-refractivity contribution is 7.97. The molecular weight excluding hydrogens is 186 g/mol. The number of ether oxygens (including phenoxy) is 1. The van der Waals surface area contributed by atoms with Gasteiger partial charge in [0.15, 0.2) is 0 Å². The van der Waals surface area contributed by atoms with E-state index in [4.69, 9.17) is 0 Å². The molecule has 0 bridgehead atoms. The molecule has 0 amide bonds. The molecule has 0 aliphatic heterocycles. The topological polar surface area (TPSA) is 38.3 Å². The van der Waals surface area contributed by atoms with Gasteiger partial charge in [-0.15, -0.1) is 0 Å². The molecule has 0 unspecified atom stereocenters. The first kappa shape index (κ1) is 10.1. The van der Waals surface area contributed by atoms with E-state index in [1.165, 1.54) is 19.1 Å². The van der Waals surface area contributed by atoms with Crippen molar-refractivity contribution in [2.24, 2.45) is 0 Å². The monoisotopic (exact) mass is 197 g/mol. The number of carbonyl (C=O) groups excluding carboxylic acids is 1. The van der Waals surface area contributed by atoms with Crippen LogP contribution in [0.5, 0.6) is 0 Å². The Balaban J connectivity index is 2.75. The molecule has 0 saturated heterocycles. The van der Waals surface area contributed by atoms with Crippen molar-refractivity contribution in [2.75, 3.05) is 14.2 Å². The maximum atomic E-state index is 11.0. The Labute approximate surface area is 81.6 Å². The Morgan fingerprint density at radius 2 is 2.00 bits per heavy atom. The first-order valence-corrected chi connectivity index (χ1v) is 4.61. The summed E-state index contributed by atoms with van der Waals surface area (Å²) >= 11 is 1.50. The van der Waals surface area contributed by atoms with E-state index in [0.717, 1.165) is 4.90 Å². The SMILES string of the molecule is CNSc1ccc(C(=O)OC)cc1. The molecule has 13 heavy (non-hydrogen) atoms. The van der Waals surface area contributed by atoms with Gasteiger partial charge in [0.05, 0.1) is 12.7 Å². The van der Waals surface area contributed by atoms with E-state index < -0.39 is 0 Å². The van der Waals surface area contributed by atoms with Crippen LogP contribution in [0.4, 0.5) is 0 Å². The maximum absolute atomic E-state index is 11.0.